The Hall–Kier alpha value is -2.40. The molecule has 0 radical (unpaired) electrons. The van der Waals surface area contributed by atoms with Gasteiger partial charge in [-0.2, -0.15) is 13.2 Å². The van der Waals surface area contributed by atoms with Crippen molar-refractivity contribution in [1.29, 1.82) is 0 Å². The number of nitrogens with one attached hydrogen (secondary N) is 2. The number of hydrogen-bond acceptors (Lipinski definition) is 5. The number of para-hydroxylation sites is 1. The molecule has 1 aliphatic heterocycles. The number of carbonyl (C=O) groups excluding carboxylic acids is 1. The van der Waals surface area contributed by atoms with Crippen LogP contribution in [0.25, 0.3) is 0 Å². The molecule has 0 bridgehead atoms. The first-order chi connectivity index (χ1) is 12.4. The smallest absolute Gasteiger partial charge is 0.475 e. The lowest BCUT2D eigenvalue weighted by atomic mass is 10.2. The van der Waals surface area contributed by atoms with Crippen LogP contribution in [-0.2, 0) is 19.4 Å². The molecule has 150 valence electrons. The van der Waals surface area contributed by atoms with Crippen LogP contribution in [0.15, 0.2) is 41.3 Å². The van der Waals surface area contributed by atoms with Crippen LogP contribution in [0.2, 0.25) is 0 Å². The van der Waals surface area contributed by atoms with E-state index in [0.717, 1.165) is 0 Å². The number of anilines is 1. The molecule has 0 fully saturated rings. The first-order valence-corrected chi connectivity index (χ1v) is 9.26. The number of aliphatic carboxylic acids is 1. The van der Waals surface area contributed by atoms with Crippen LogP contribution in [0.4, 0.5) is 18.9 Å². The summed E-state index contributed by atoms with van der Waals surface area (Å²) in [6, 6.07) is 6.06. The standard InChI is InChI=1S/C14H18N2O3S.C2HF3O2/c1-10(2)20(18,19)13-8-4-3-6-11(13)16-14(17)12-7-5-9-15-12;3-2(4,5)1(6)7/h3-8,10,12,15H,9H2,1-2H3,(H,16,17);(H,6,7)/t12-;/m0./s1. The largest absolute Gasteiger partial charge is 0.490 e. The Morgan fingerprint density at radius 3 is 2.26 bits per heavy atom. The summed E-state index contributed by atoms with van der Waals surface area (Å²) in [5, 5.41) is 12.3. The number of amides is 1. The fourth-order valence-electron chi connectivity index (χ4n) is 1.93. The molecule has 1 aromatic rings. The molecule has 0 aromatic heterocycles. The minimum absolute atomic E-state index is 0.158. The quantitative estimate of drug-likeness (QED) is 0.657. The molecule has 0 spiro atoms. The average molecular weight is 408 g/mol. The van der Waals surface area contributed by atoms with Crippen LogP contribution in [0.1, 0.15) is 13.8 Å². The molecule has 7 nitrogen and oxygen atoms in total. The maximum atomic E-state index is 12.3. The monoisotopic (exact) mass is 408 g/mol. The van der Waals surface area contributed by atoms with Crippen LogP contribution >= 0.6 is 0 Å². The van der Waals surface area contributed by atoms with Crippen molar-refractivity contribution in [2.24, 2.45) is 0 Å². The molecule has 1 heterocycles. The topological polar surface area (TPSA) is 113 Å². The van der Waals surface area contributed by atoms with E-state index < -0.39 is 33.3 Å². The normalized spacial score (nSPS) is 16.6. The van der Waals surface area contributed by atoms with Gasteiger partial charge in [-0.1, -0.05) is 24.3 Å². The van der Waals surface area contributed by atoms with Gasteiger partial charge in [0.15, 0.2) is 9.84 Å². The predicted molar refractivity (Wildman–Crippen MR) is 92.0 cm³/mol. The molecule has 0 saturated carbocycles. The van der Waals surface area contributed by atoms with E-state index in [1.54, 1.807) is 38.1 Å². The number of rotatable bonds is 4. The third-order valence-electron chi connectivity index (χ3n) is 3.38. The number of sulfone groups is 1. The van der Waals surface area contributed by atoms with Gasteiger partial charge < -0.3 is 10.4 Å². The second-order valence-electron chi connectivity index (χ2n) is 5.70. The second kappa shape index (κ2) is 9.00. The SMILES string of the molecule is CC(C)S(=O)(=O)c1ccccc1NC(=O)[C@@H]1C=CCN1.O=C(O)C(F)(F)F. The first kappa shape index (κ1) is 22.6. The molecule has 0 unspecified atom stereocenters. The number of carboxylic acids is 1. The summed E-state index contributed by atoms with van der Waals surface area (Å²) in [5.41, 5.74) is 0.327. The maximum absolute atomic E-state index is 12.3. The Morgan fingerprint density at radius 2 is 1.81 bits per heavy atom. The molecule has 0 saturated heterocycles. The number of benzene rings is 1. The Balaban J connectivity index is 0.000000445. The zero-order chi connectivity index (χ0) is 20.8. The highest BCUT2D eigenvalue weighted by Gasteiger charge is 2.38. The zero-order valence-corrected chi connectivity index (χ0v) is 15.3. The van der Waals surface area contributed by atoms with Crippen molar-refractivity contribution < 1.29 is 36.3 Å². The summed E-state index contributed by atoms with van der Waals surface area (Å²) in [4.78, 5) is 21.1. The van der Waals surface area contributed by atoms with Crippen molar-refractivity contribution in [3.63, 3.8) is 0 Å². The summed E-state index contributed by atoms with van der Waals surface area (Å²) in [6.07, 6.45) is -1.46. The lowest BCUT2D eigenvalue weighted by Gasteiger charge is -2.15. The summed E-state index contributed by atoms with van der Waals surface area (Å²) in [6.45, 7) is 3.88. The molecule has 11 heteroatoms. The van der Waals surface area contributed by atoms with Crippen molar-refractivity contribution in [3.8, 4) is 0 Å². The van der Waals surface area contributed by atoms with E-state index in [1.807, 2.05) is 6.08 Å². The Labute approximate surface area is 154 Å². The van der Waals surface area contributed by atoms with Gasteiger partial charge in [0.25, 0.3) is 0 Å². The van der Waals surface area contributed by atoms with Gasteiger partial charge in [0.05, 0.1) is 15.8 Å². The van der Waals surface area contributed by atoms with Crippen molar-refractivity contribution >= 4 is 27.4 Å². The average Bonchev–Trinajstić information content (AvgIpc) is 3.09. The molecule has 27 heavy (non-hydrogen) atoms. The van der Waals surface area contributed by atoms with Gasteiger partial charge in [-0.25, -0.2) is 13.2 Å². The third kappa shape index (κ3) is 6.36. The summed E-state index contributed by atoms with van der Waals surface area (Å²) < 4.78 is 56.3. The lowest BCUT2D eigenvalue weighted by molar-refractivity contribution is -0.192. The van der Waals surface area contributed by atoms with Gasteiger partial charge >= 0.3 is 12.1 Å². The number of carboxylic acid groups (broad SMARTS) is 1. The highest BCUT2D eigenvalue weighted by Crippen LogP contribution is 2.25. The highest BCUT2D eigenvalue weighted by atomic mass is 32.2. The molecule has 1 aromatic carbocycles. The van der Waals surface area contributed by atoms with Gasteiger partial charge in [0, 0.05) is 6.54 Å². The molecule has 1 amide bonds. The fraction of sp³-hybridized carbons (Fsp3) is 0.375. The predicted octanol–water partition coefficient (Wildman–Crippen LogP) is 1.97. The van der Waals surface area contributed by atoms with E-state index >= 15 is 0 Å². The molecule has 1 aliphatic rings. The Morgan fingerprint density at radius 1 is 1.26 bits per heavy atom. The fourth-order valence-corrected chi connectivity index (χ4v) is 3.13. The minimum atomic E-state index is -5.08. The van der Waals surface area contributed by atoms with Crippen LogP contribution in [0.3, 0.4) is 0 Å². The van der Waals surface area contributed by atoms with E-state index in [-0.39, 0.29) is 10.8 Å². The van der Waals surface area contributed by atoms with Crippen molar-refractivity contribution in [3.05, 3.63) is 36.4 Å². The van der Waals surface area contributed by atoms with E-state index in [9.17, 15) is 26.4 Å². The Bertz CT molecular complexity index is 820. The highest BCUT2D eigenvalue weighted by molar-refractivity contribution is 7.92. The maximum Gasteiger partial charge on any atom is 0.490 e. The van der Waals surface area contributed by atoms with Crippen molar-refractivity contribution in [2.75, 3.05) is 11.9 Å². The first-order valence-electron chi connectivity index (χ1n) is 7.71. The zero-order valence-electron chi connectivity index (χ0n) is 14.4. The lowest BCUT2D eigenvalue weighted by Crippen LogP contribution is -2.36. The van der Waals surface area contributed by atoms with Gasteiger partial charge in [-0.05, 0) is 26.0 Å². The molecular formula is C16H19F3N2O5S. The summed E-state index contributed by atoms with van der Waals surface area (Å²) in [7, 11) is -3.43. The number of hydrogen-bond donors (Lipinski definition) is 3. The van der Waals surface area contributed by atoms with Crippen molar-refractivity contribution in [1.82, 2.24) is 5.32 Å². The van der Waals surface area contributed by atoms with E-state index in [0.29, 0.717) is 12.2 Å². The Kier molecular flexibility index (Phi) is 7.55. The summed E-state index contributed by atoms with van der Waals surface area (Å²) >= 11 is 0. The molecule has 1 atom stereocenters. The molecular weight excluding hydrogens is 389 g/mol. The van der Waals surface area contributed by atoms with E-state index in [1.165, 1.54) is 6.07 Å². The van der Waals surface area contributed by atoms with E-state index in [4.69, 9.17) is 9.90 Å². The van der Waals surface area contributed by atoms with Crippen LogP contribution in [0, 0.1) is 0 Å². The minimum Gasteiger partial charge on any atom is -0.475 e. The van der Waals surface area contributed by atoms with Gasteiger partial charge in [-0.15, -0.1) is 0 Å². The molecule has 0 aliphatic carbocycles. The van der Waals surface area contributed by atoms with Crippen LogP contribution in [0.5, 0.6) is 0 Å². The number of carbonyl (C=O) groups is 2. The number of halogens is 3. The van der Waals surface area contributed by atoms with Gasteiger partial charge in [0.1, 0.15) is 6.04 Å². The van der Waals surface area contributed by atoms with Crippen LogP contribution in [-0.4, -0.2) is 49.4 Å². The molecule has 2 rings (SSSR count). The van der Waals surface area contributed by atoms with Crippen molar-refractivity contribution in [2.45, 2.75) is 36.2 Å². The van der Waals surface area contributed by atoms with E-state index in [2.05, 4.69) is 10.6 Å². The second-order valence-corrected chi connectivity index (χ2v) is 8.17. The van der Waals surface area contributed by atoms with Crippen LogP contribution < -0.4 is 10.6 Å². The molecule has 3 N–H and O–H groups in total. The van der Waals surface area contributed by atoms with Gasteiger partial charge in [-0.3, -0.25) is 10.1 Å². The number of alkyl halides is 3. The summed E-state index contributed by atoms with van der Waals surface area (Å²) in [5.74, 6) is -3.02. The van der Waals surface area contributed by atoms with Gasteiger partial charge in [0.2, 0.25) is 5.91 Å². The third-order valence-corrected chi connectivity index (χ3v) is 5.59.